The predicted molar refractivity (Wildman–Crippen MR) is 115 cm³/mol. The van der Waals surface area contributed by atoms with Crippen molar-refractivity contribution in [3.8, 4) is 5.75 Å². The van der Waals surface area contributed by atoms with Gasteiger partial charge >= 0.3 is 0 Å². The van der Waals surface area contributed by atoms with Crippen LogP contribution in [-0.2, 0) is 26.2 Å². The highest BCUT2D eigenvalue weighted by molar-refractivity contribution is 7.91. The highest BCUT2D eigenvalue weighted by Gasteiger charge is 2.47. The van der Waals surface area contributed by atoms with Crippen molar-refractivity contribution in [3.63, 3.8) is 0 Å². The summed E-state index contributed by atoms with van der Waals surface area (Å²) in [5.74, 6) is -0.463. The molecule has 1 atom stereocenters. The largest absolute Gasteiger partial charge is 0.497 e. The van der Waals surface area contributed by atoms with Crippen molar-refractivity contribution in [1.82, 2.24) is 9.29 Å². The number of methoxy groups -OCH3 is 1. The number of ether oxygens (including phenoxy) is 1. The van der Waals surface area contributed by atoms with E-state index in [9.17, 15) is 18.0 Å². The normalized spacial score (nSPS) is 16.8. The van der Waals surface area contributed by atoms with Crippen LogP contribution in [0, 0.1) is 0 Å². The fourth-order valence-corrected chi connectivity index (χ4v) is 6.09. The number of anilines is 1. The van der Waals surface area contributed by atoms with E-state index in [2.05, 4.69) is 4.98 Å². The van der Waals surface area contributed by atoms with Crippen LogP contribution in [0.4, 0.5) is 5.69 Å². The molecular formula is C21H19N3O5S2. The van der Waals surface area contributed by atoms with Crippen LogP contribution in [0.25, 0.3) is 0 Å². The van der Waals surface area contributed by atoms with Crippen LogP contribution in [0.2, 0.25) is 0 Å². The number of carbonyl (C=O) groups is 2. The summed E-state index contributed by atoms with van der Waals surface area (Å²) in [7, 11) is -2.49. The minimum atomic E-state index is -4.01. The van der Waals surface area contributed by atoms with Crippen molar-refractivity contribution < 1.29 is 22.7 Å². The first-order valence-corrected chi connectivity index (χ1v) is 11.7. The molecule has 0 bridgehead atoms. The van der Waals surface area contributed by atoms with E-state index in [4.69, 9.17) is 4.74 Å². The second-order valence-corrected chi connectivity index (χ2v) is 9.89. The first-order valence-electron chi connectivity index (χ1n) is 9.37. The number of sulfonamides is 1. The Labute approximate surface area is 183 Å². The molecular weight excluding hydrogens is 438 g/mol. The monoisotopic (exact) mass is 457 g/mol. The Morgan fingerprint density at radius 3 is 2.55 bits per heavy atom. The molecule has 1 aliphatic heterocycles. The summed E-state index contributed by atoms with van der Waals surface area (Å²) in [6.45, 7) is -0.0752. The Balaban J connectivity index is 1.71. The van der Waals surface area contributed by atoms with Crippen LogP contribution < -0.4 is 9.64 Å². The molecule has 4 rings (SSSR count). The summed E-state index contributed by atoms with van der Waals surface area (Å²) in [6.07, 6.45) is 2.88. The minimum absolute atomic E-state index is 0.0752. The van der Waals surface area contributed by atoms with Crippen molar-refractivity contribution in [1.29, 1.82) is 0 Å². The van der Waals surface area contributed by atoms with E-state index < -0.39 is 27.9 Å². The molecule has 8 nitrogen and oxygen atoms in total. The van der Waals surface area contributed by atoms with E-state index >= 15 is 0 Å². The number of amides is 2. The first kappa shape index (κ1) is 21.2. The summed E-state index contributed by atoms with van der Waals surface area (Å²) in [5.41, 5.74) is 0.985. The number of hydrogen-bond donors (Lipinski definition) is 0. The van der Waals surface area contributed by atoms with Crippen LogP contribution in [-0.4, -0.2) is 42.7 Å². The molecule has 0 N–H and O–H groups in total. The second-order valence-electron chi connectivity index (χ2n) is 6.83. The van der Waals surface area contributed by atoms with Crippen molar-refractivity contribution in [2.24, 2.45) is 0 Å². The lowest BCUT2D eigenvalue weighted by atomic mass is 10.2. The zero-order valence-corrected chi connectivity index (χ0v) is 18.2. The Hall–Kier alpha value is -3.08. The van der Waals surface area contributed by atoms with E-state index in [1.807, 2.05) is 0 Å². The molecule has 1 aromatic carbocycles. The second kappa shape index (κ2) is 8.58. The minimum Gasteiger partial charge on any atom is -0.497 e. The number of hydrogen-bond acceptors (Lipinski definition) is 7. The quantitative estimate of drug-likeness (QED) is 0.506. The third-order valence-electron chi connectivity index (χ3n) is 4.92. The maximum Gasteiger partial charge on any atom is 0.253 e. The molecule has 0 aliphatic carbocycles. The summed E-state index contributed by atoms with van der Waals surface area (Å²) in [4.78, 5) is 31.1. The number of rotatable bonds is 7. The molecule has 10 heteroatoms. The van der Waals surface area contributed by atoms with Crippen LogP contribution in [0.5, 0.6) is 5.75 Å². The Kier molecular flexibility index (Phi) is 5.86. The van der Waals surface area contributed by atoms with E-state index in [0.29, 0.717) is 17.0 Å². The van der Waals surface area contributed by atoms with Gasteiger partial charge in [0.25, 0.3) is 15.9 Å². The Morgan fingerprint density at radius 1 is 1.16 bits per heavy atom. The smallest absolute Gasteiger partial charge is 0.253 e. The Morgan fingerprint density at radius 2 is 1.94 bits per heavy atom. The predicted octanol–water partition coefficient (Wildman–Crippen LogP) is 2.67. The third-order valence-corrected chi connectivity index (χ3v) is 8.15. The molecule has 3 heterocycles. The summed E-state index contributed by atoms with van der Waals surface area (Å²) < 4.78 is 33.1. The summed E-state index contributed by atoms with van der Waals surface area (Å²) in [6, 6.07) is 11.8. The lowest BCUT2D eigenvalue weighted by Gasteiger charge is -2.26. The lowest BCUT2D eigenvalue weighted by molar-refractivity contribution is -0.122. The van der Waals surface area contributed by atoms with Gasteiger partial charge in [0.1, 0.15) is 16.0 Å². The first-order chi connectivity index (χ1) is 14.9. The number of nitrogens with zero attached hydrogens (tertiary/aromatic N) is 3. The van der Waals surface area contributed by atoms with Gasteiger partial charge < -0.3 is 4.74 Å². The number of imide groups is 1. The van der Waals surface area contributed by atoms with Crippen molar-refractivity contribution in [2.45, 2.75) is 23.2 Å². The molecule has 0 radical (unpaired) electrons. The van der Waals surface area contributed by atoms with Crippen molar-refractivity contribution >= 4 is 38.9 Å². The van der Waals surface area contributed by atoms with Crippen LogP contribution in [0.1, 0.15) is 12.0 Å². The van der Waals surface area contributed by atoms with E-state index in [-0.39, 0.29) is 17.2 Å². The average molecular weight is 458 g/mol. The van der Waals surface area contributed by atoms with Crippen molar-refractivity contribution in [3.05, 3.63) is 71.9 Å². The van der Waals surface area contributed by atoms with Gasteiger partial charge in [-0.25, -0.2) is 13.3 Å². The maximum atomic E-state index is 13.4. The molecule has 1 unspecified atom stereocenters. The maximum absolute atomic E-state index is 13.4. The molecule has 3 aromatic rings. The standard InChI is InChI=1S/C21H19N3O5S2/c1-29-17-8-6-16(7-9-17)24-19(25)12-18(21(24)26)23(14-15-4-2-10-22-13-15)31(27,28)20-5-3-11-30-20/h2-11,13,18H,12,14H2,1H3. The molecule has 2 amide bonds. The van der Waals surface area contributed by atoms with Gasteiger partial charge in [-0.05, 0) is 47.3 Å². The highest BCUT2D eigenvalue weighted by Crippen LogP contribution is 2.32. The zero-order valence-electron chi connectivity index (χ0n) is 16.5. The lowest BCUT2D eigenvalue weighted by Crippen LogP contribution is -2.44. The number of aromatic nitrogens is 1. The summed E-state index contributed by atoms with van der Waals surface area (Å²) >= 11 is 1.06. The number of benzene rings is 1. The number of thiophene rings is 1. The van der Waals surface area contributed by atoms with Gasteiger partial charge in [-0.3, -0.25) is 14.6 Å². The van der Waals surface area contributed by atoms with Crippen LogP contribution in [0.15, 0.2) is 70.5 Å². The van der Waals surface area contributed by atoms with Gasteiger partial charge in [-0.15, -0.1) is 11.3 Å². The van der Waals surface area contributed by atoms with Crippen molar-refractivity contribution in [2.75, 3.05) is 12.0 Å². The average Bonchev–Trinajstić information content (AvgIpc) is 3.42. The molecule has 1 saturated heterocycles. The third kappa shape index (κ3) is 4.09. The highest BCUT2D eigenvalue weighted by atomic mass is 32.2. The van der Waals surface area contributed by atoms with E-state index in [1.54, 1.807) is 60.2 Å². The molecule has 1 aliphatic rings. The Bertz CT molecular complexity index is 1180. The van der Waals surface area contributed by atoms with Crippen LogP contribution in [0.3, 0.4) is 0 Å². The fraction of sp³-hybridized carbons (Fsp3) is 0.190. The van der Waals surface area contributed by atoms with Gasteiger partial charge in [0.15, 0.2) is 0 Å². The number of carbonyl (C=O) groups excluding carboxylic acids is 2. The van der Waals surface area contributed by atoms with E-state index in [1.165, 1.54) is 13.2 Å². The zero-order chi connectivity index (χ0) is 22.0. The van der Waals surface area contributed by atoms with Gasteiger partial charge in [-0.1, -0.05) is 12.1 Å². The van der Waals surface area contributed by atoms with Gasteiger partial charge in [0, 0.05) is 18.9 Å². The van der Waals surface area contributed by atoms with Gasteiger partial charge in [0.05, 0.1) is 19.2 Å². The molecule has 1 fully saturated rings. The van der Waals surface area contributed by atoms with Gasteiger partial charge in [0.2, 0.25) is 5.91 Å². The SMILES string of the molecule is COc1ccc(N2C(=O)CC(N(Cc3cccnc3)S(=O)(=O)c3cccs3)C2=O)cc1. The fourth-order valence-electron chi connectivity index (χ4n) is 3.40. The van der Waals surface area contributed by atoms with Gasteiger partial charge in [-0.2, -0.15) is 4.31 Å². The topological polar surface area (TPSA) is 96.9 Å². The molecule has 0 spiro atoms. The molecule has 31 heavy (non-hydrogen) atoms. The van der Waals surface area contributed by atoms with Crippen LogP contribution >= 0.6 is 11.3 Å². The molecule has 0 saturated carbocycles. The summed E-state index contributed by atoms with van der Waals surface area (Å²) in [5, 5.41) is 1.65. The molecule has 2 aromatic heterocycles. The number of pyridine rings is 1. The molecule has 160 valence electrons. The van der Waals surface area contributed by atoms with E-state index in [0.717, 1.165) is 20.5 Å².